The Balaban J connectivity index is 1.77. The first kappa shape index (κ1) is 20.4. The number of benzene rings is 2. The molecule has 10 heteroatoms. The summed E-state index contributed by atoms with van der Waals surface area (Å²) in [4.78, 5) is 24.6. The quantitative estimate of drug-likeness (QED) is 0.508. The summed E-state index contributed by atoms with van der Waals surface area (Å²) in [7, 11) is -3.89. The summed E-state index contributed by atoms with van der Waals surface area (Å²) in [6, 6.07) is 10.9. The van der Waals surface area contributed by atoms with Crippen molar-refractivity contribution in [2.24, 2.45) is 0 Å². The molecule has 148 valence electrons. The zero-order valence-electron chi connectivity index (χ0n) is 15.0. The summed E-state index contributed by atoms with van der Waals surface area (Å²) in [6.07, 6.45) is 0. The SMILES string of the molecule is Cc1ccc([N+](=O)[O-])cc1S(=O)(=O)N1CCN(C(=O)c2ccccc2Br)CC1. The summed E-state index contributed by atoms with van der Waals surface area (Å²) in [5.41, 5.74) is 0.692. The van der Waals surface area contributed by atoms with Gasteiger partial charge in [-0.05, 0) is 40.5 Å². The summed E-state index contributed by atoms with van der Waals surface area (Å²) in [5, 5.41) is 11.0. The number of hydrogen-bond acceptors (Lipinski definition) is 5. The fourth-order valence-corrected chi connectivity index (χ4v) is 5.18. The van der Waals surface area contributed by atoms with Gasteiger partial charge < -0.3 is 4.90 Å². The number of amides is 1. The van der Waals surface area contributed by atoms with Crippen LogP contribution in [0.1, 0.15) is 15.9 Å². The van der Waals surface area contributed by atoms with Crippen LogP contribution in [0.3, 0.4) is 0 Å². The highest BCUT2D eigenvalue weighted by Gasteiger charge is 2.32. The Morgan fingerprint density at radius 2 is 1.75 bits per heavy atom. The van der Waals surface area contributed by atoms with Crippen LogP contribution in [-0.4, -0.2) is 54.6 Å². The van der Waals surface area contributed by atoms with E-state index in [1.54, 1.807) is 30.0 Å². The topological polar surface area (TPSA) is 101 Å². The van der Waals surface area contributed by atoms with Gasteiger partial charge in [-0.1, -0.05) is 18.2 Å². The van der Waals surface area contributed by atoms with Crippen LogP contribution in [0.5, 0.6) is 0 Å². The molecule has 1 heterocycles. The molecule has 1 aliphatic rings. The molecule has 0 saturated carbocycles. The third-order valence-electron chi connectivity index (χ3n) is 4.63. The van der Waals surface area contributed by atoms with Gasteiger partial charge in [-0.15, -0.1) is 0 Å². The van der Waals surface area contributed by atoms with Crippen molar-refractivity contribution in [3.8, 4) is 0 Å². The molecular weight excluding hydrogens is 450 g/mol. The van der Waals surface area contributed by atoms with Crippen LogP contribution in [0.4, 0.5) is 5.69 Å². The van der Waals surface area contributed by atoms with Crippen molar-refractivity contribution in [2.45, 2.75) is 11.8 Å². The highest BCUT2D eigenvalue weighted by molar-refractivity contribution is 9.10. The van der Waals surface area contributed by atoms with Gasteiger partial charge in [-0.3, -0.25) is 14.9 Å². The van der Waals surface area contributed by atoms with Crippen LogP contribution in [0.15, 0.2) is 51.8 Å². The van der Waals surface area contributed by atoms with Crippen molar-refractivity contribution in [3.63, 3.8) is 0 Å². The molecule has 0 bridgehead atoms. The molecule has 1 fully saturated rings. The predicted molar refractivity (Wildman–Crippen MR) is 107 cm³/mol. The number of nitro groups is 1. The fraction of sp³-hybridized carbons (Fsp3) is 0.278. The van der Waals surface area contributed by atoms with Crippen molar-refractivity contribution in [1.82, 2.24) is 9.21 Å². The number of nitro benzene ring substituents is 1. The number of hydrogen-bond donors (Lipinski definition) is 0. The lowest BCUT2D eigenvalue weighted by atomic mass is 10.2. The summed E-state index contributed by atoms with van der Waals surface area (Å²) >= 11 is 3.36. The van der Waals surface area contributed by atoms with Crippen molar-refractivity contribution in [2.75, 3.05) is 26.2 Å². The average Bonchev–Trinajstić information content (AvgIpc) is 2.68. The first-order valence-corrected chi connectivity index (χ1v) is 10.7. The minimum Gasteiger partial charge on any atom is -0.336 e. The number of sulfonamides is 1. The molecule has 0 unspecified atom stereocenters. The van der Waals surface area contributed by atoms with Crippen LogP contribution in [0.25, 0.3) is 0 Å². The van der Waals surface area contributed by atoms with Crippen molar-refractivity contribution >= 4 is 37.5 Å². The largest absolute Gasteiger partial charge is 0.336 e. The Kier molecular flexibility index (Phi) is 5.82. The van der Waals surface area contributed by atoms with E-state index in [1.165, 1.54) is 16.4 Å². The highest BCUT2D eigenvalue weighted by atomic mass is 79.9. The smallest absolute Gasteiger partial charge is 0.270 e. The molecule has 1 saturated heterocycles. The lowest BCUT2D eigenvalue weighted by Crippen LogP contribution is -2.50. The number of piperazine rings is 1. The Hall–Kier alpha value is -2.30. The zero-order valence-corrected chi connectivity index (χ0v) is 17.4. The highest BCUT2D eigenvalue weighted by Crippen LogP contribution is 2.26. The number of carbonyl (C=O) groups is 1. The van der Waals surface area contributed by atoms with Gasteiger partial charge in [0.05, 0.1) is 15.4 Å². The zero-order chi connectivity index (χ0) is 20.5. The maximum Gasteiger partial charge on any atom is 0.270 e. The third kappa shape index (κ3) is 3.94. The number of rotatable bonds is 4. The Bertz CT molecular complexity index is 1030. The van der Waals surface area contributed by atoms with Crippen molar-refractivity contribution < 1.29 is 18.1 Å². The molecule has 1 aliphatic heterocycles. The minimum atomic E-state index is -3.89. The van der Waals surface area contributed by atoms with Crippen LogP contribution in [0, 0.1) is 17.0 Å². The molecule has 1 amide bonds. The number of carbonyl (C=O) groups excluding carboxylic acids is 1. The molecule has 0 N–H and O–H groups in total. The molecule has 28 heavy (non-hydrogen) atoms. The molecule has 0 atom stereocenters. The monoisotopic (exact) mass is 467 g/mol. The first-order valence-electron chi connectivity index (χ1n) is 8.51. The maximum absolute atomic E-state index is 13.0. The minimum absolute atomic E-state index is 0.0766. The second-order valence-electron chi connectivity index (χ2n) is 6.38. The van der Waals surface area contributed by atoms with E-state index in [4.69, 9.17) is 0 Å². The molecule has 2 aromatic rings. The summed E-state index contributed by atoms with van der Waals surface area (Å²) < 4.78 is 27.9. The molecule has 0 aromatic heterocycles. The molecule has 8 nitrogen and oxygen atoms in total. The number of aryl methyl sites for hydroxylation is 1. The van der Waals surface area contributed by atoms with E-state index in [0.717, 1.165) is 6.07 Å². The number of non-ortho nitro benzene ring substituents is 1. The molecule has 0 spiro atoms. The lowest BCUT2D eigenvalue weighted by Gasteiger charge is -2.34. The van der Waals surface area contributed by atoms with E-state index in [-0.39, 0.29) is 42.7 Å². The summed E-state index contributed by atoms with van der Waals surface area (Å²) in [6.45, 7) is 2.34. The molecule has 3 rings (SSSR count). The van der Waals surface area contributed by atoms with E-state index >= 15 is 0 Å². The van der Waals surface area contributed by atoms with Crippen LogP contribution in [-0.2, 0) is 10.0 Å². The van der Waals surface area contributed by atoms with Gasteiger partial charge in [-0.2, -0.15) is 4.31 Å². The third-order valence-corrected chi connectivity index (χ3v) is 7.36. The number of halogens is 1. The predicted octanol–water partition coefficient (Wildman–Crippen LogP) is 2.81. The van der Waals surface area contributed by atoms with Crippen LogP contribution in [0.2, 0.25) is 0 Å². The van der Waals surface area contributed by atoms with E-state index in [2.05, 4.69) is 15.9 Å². The van der Waals surface area contributed by atoms with Gasteiger partial charge >= 0.3 is 0 Å². The fourth-order valence-electron chi connectivity index (χ4n) is 3.06. The standard InChI is InChI=1S/C18H18BrN3O5S/c1-13-6-7-14(22(24)25)12-17(13)28(26,27)21-10-8-20(9-11-21)18(23)15-4-2-3-5-16(15)19/h2-7,12H,8-11H2,1H3. The first-order chi connectivity index (χ1) is 13.2. The van der Waals surface area contributed by atoms with E-state index in [1.807, 2.05) is 6.07 Å². The average molecular weight is 468 g/mol. The molecule has 0 radical (unpaired) electrons. The van der Waals surface area contributed by atoms with E-state index < -0.39 is 14.9 Å². The van der Waals surface area contributed by atoms with Gasteiger partial charge in [0.25, 0.3) is 11.6 Å². The number of nitrogens with zero attached hydrogens (tertiary/aromatic N) is 3. The van der Waals surface area contributed by atoms with Gasteiger partial charge in [0.1, 0.15) is 0 Å². The normalized spacial score (nSPS) is 15.4. The van der Waals surface area contributed by atoms with Gasteiger partial charge in [0, 0.05) is 42.8 Å². The van der Waals surface area contributed by atoms with E-state index in [9.17, 15) is 23.3 Å². The lowest BCUT2D eigenvalue weighted by molar-refractivity contribution is -0.385. The van der Waals surface area contributed by atoms with Crippen LogP contribution < -0.4 is 0 Å². The van der Waals surface area contributed by atoms with Gasteiger partial charge in [-0.25, -0.2) is 8.42 Å². The Labute approximate surface area is 171 Å². The van der Waals surface area contributed by atoms with E-state index in [0.29, 0.717) is 15.6 Å². The van der Waals surface area contributed by atoms with Crippen LogP contribution >= 0.6 is 15.9 Å². The molecule has 2 aromatic carbocycles. The maximum atomic E-state index is 13.0. The Morgan fingerprint density at radius 3 is 2.36 bits per heavy atom. The second-order valence-corrected chi connectivity index (χ2v) is 9.14. The van der Waals surface area contributed by atoms with Crippen molar-refractivity contribution in [1.29, 1.82) is 0 Å². The van der Waals surface area contributed by atoms with Gasteiger partial charge in [0.15, 0.2) is 0 Å². The Morgan fingerprint density at radius 1 is 1.11 bits per heavy atom. The van der Waals surface area contributed by atoms with Gasteiger partial charge in [0.2, 0.25) is 10.0 Å². The molecular formula is C18H18BrN3O5S. The summed E-state index contributed by atoms with van der Waals surface area (Å²) in [5.74, 6) is -0.170. The second kappa shape index (κ2) is 7.98. The van der Waals surface area contributed by atoms with Crippen molar-refractivity contribution in [3.05, 3.63) is 68.2 Å². The molecule has 0 aliphatic carbocycles.